The smallest absolute Gasteiger partial charge is 0.251 e. The zero-order valence-electron chi connectivity index (χ0n) is 16.5. The topological polar surface area (TPSA) is 61.9 Å². The standard InChI is InChI=1S/C22H27N3O3/c1-17-7-9-18(10-8-17)22(27)23-15-21(26)24(2)16-19-5-3-4-6-20(19)25-11-13-28-14-12-25/h3-10H,11-16H2,1-2H3,(H,23,27). The Balaban J connectivity index is 1.57. The van der Waals surface area contributed by atoms with Crippen molar-refractivity contribution in [1.82, 2.24) is 10.2 Å². The highest BCUT2D eigenvalue weighted by atomic mass is 16.5. The molecule has 0 unspecified atom stereocenters. The van der Waals surface area contributed by atoms with E-state index in [1.54, 1.807) is 24.1 Å². The monoisotopic (exact) mass is 381 g/mol. The minimum absolute atomic E-state index is 0.0249. The number of hydrogen-bond donors (Lipinski definition) is 1. The maximum absolute atomic E-state index is 12.5. The summed E-state index contributed by atoms with van der Waals surface area (Å²) in [5.41, 5.74) is 3.87. The Kier molecular flexibility index (Phi) is 6.66. The Morgan fingerprint density at radius 2 is 1.75 bits per heavy atom. The summed E-state index contributed by atoms with van der Waals surface area (Å²) in [6, 6.07) is 15.4. The molecule has 0 aromatic heterocycles. The molecule has 0 spiro atoms. The predicted octanol–water partition coefficient (Wildman–Crippen LogP) is 2.22. The molecule has 0 aliphatic carbocycles. The number of hydrogen-bond acceptors (Lipinski definition) is 4. The number of benzene rings is 2. The van der Waals surface area contributed by atoms with Crippen LogP contribution in [0.4, 0.5) is 5.69 Å². The average Bonchev–Trinajstić information content (AvgIpc) is 2.73. The second kappa shape index (κ2) is 9.37. The summed E-state index contributed by atoms with van der Waals surface area (Å²) in [5, 5.41) is 2.71. The van der Waals surface area contributed by atoms with Gasteiger partial charge in [0.2, 0.25) is 5.91 Å². The third kappa shape index (κ3) is 5.10. The first kappa shape index (κ1) is 19.9. The molecule has 2 amide bonds. The van der Waals surface area contributed by atoms with Crippen LogP contribution in [0.25, 0.3) is 0 Å². The lowest BCUT2D eigenvalue weighted by molar-refractivity contribution is -0.129. The van der Waals surface area contributed by atoms with Gasteiger partial charge in [-0.3, -0.25) is 9.59 Å². The summed E-state index contributed by atoms with van der Waals surface area (Å²) in [7, 11) is 1.76. The van der Waals surface area contributed by atoms with Crippen molar-refractivity contribution in [3.63, 3.8) is 0 Å². The van der Waals surface area contributed by atoms with Crippen LogP contribution < -0.4 is 10.2 Å². The van der Waals surface area contributed by atoms with Crippen molar-refractivity contribution in [2.45, 2.75) is 13.5 Å². The Morgan fingerprint density at radius 3 is 2.46 bits per heavy atom. The lowest BCUT2D eigenvalue weighted by Crippen LogP contribution is -2.39. The molecule has 1 saturated heterocycles. The van der Waals surface area contributed by atoms with E-state index in [0.29, 0.717) is 25.3 Å². The number of carbonyl (C=O) groups is 2. The van der Waals surface area contributed by atoms with Gasteiger partial charge < -0.3 is 19.9 Å². The number of para-hydroxylation sites is 1. The van der Waals surface area contributed by atoms with Crippen LogP contribution in [0.1, 0.15) is 21.5 Å². The van der Waals surface area contributed by atoms with Gasteiger partial charge in [-0.1, -0.05) is 35.9 Å². The molecule has 1 N–H and O–H groups in total. The van der Waals surface area contributed by atoms with Gasteiger partial charge in [0.25, 0.3) is 5.91 Å². The second-order valence-corrected chi connectivity index (χ2v) is 7.03. The van der Waals surface area contributed by atoms with Crippen LogP contribution in [0.15, 0.2) is 48.5 Å². The molecule has 3 rings (SSSR count). The third-order valence-corrected chi connectivity index (χ3v) is 4.89. The molecule has 28 heavy (non-hydrogen) atoms. The van der Waals surface area contributed by atoms with Crippen LogP contribution >= 0.6 is 0 Å². The zero-order valence-corrected chi connectivity index (χ0v) is 16.5. The number of anilines is 1. The van der Waals surface area contributed by atoms with E-state index in [-0.39, 0.29) is 18.4 Å². The van der Waals surface area contributed by atoms with E-state index in [0.717, 1.165) is 29.9 Å². The third-order valence-electron chi connectivity index (χ3n) is 4.89. The summed E-state index contributed by atoms with van der Waals surface area (Å²) in [5.74, 6) is -0.368. The molecule has 1 heterocycles. The first-order valence-corrected chi connectivity index (χ1v) is 9.54. The van der Waals surface area contributed by atoms with Crippen molar-refractivity contribution >= 4 is 17.5 Å². The van der Waals surface area contributed by atoms with Gasteiger partial charge in [-0.25, -0.2) is 0 Å². The number of amides is 2. The number of morpholine rings is 1. The number of rotatable bonds is 6. The molecule has 0 bridgehead atoms. The van der Waals surface area contributed by atoms with E-state index in [2.05, 4.69) is 16.3 Å². The van der Waals surface area contributed by atoms with Gasteiger partial charge in [0.15, 0.2) is 0 Å². The number of likely N-dealkylation sites (N-methyl/N-ethyl adjacent to an activating group) is 1. The van der Waals surface area contributed by atoms with Crippen molar-refractivity contribution in [2.75, 3.05) is 44.8 Å². The molecule has 1 aliphatic rings. The van der Waals surface area contributed by atoms with Crippen molar-refractivity contribution in [3.8, 4) is 0 Å². The SMILES string of the molecule is Cc1ccc(C(=O)NCC(=O)N(C)Cc2ccccc2N2CCOCC2)cc1. The summed E-state index contributed by atoms with van der Waals surface area (Å²) >= 11 is 0. The van der Waals surface area contributed by atoms with Crippen molar-refractivity contribution in [1.29, 1.82) is 0 Å². The Bertz CT molecular complexity index is 814. The van der Waals surface area contributed by atoms with Crippen LogP contribution in [-0.2, 0) is 16.1 Å². The lowest BCUT2D eigenvalue weighted by atomic mass is 10.1. The fourth-order valence-corrected chi connectivity index (χ4v) is 3.20. The molecule has 6 heteroatoms. The number of nitrogens with one attached hydrogen (secondary N) is 1. The number of aryl methyl sites for hydroxylation is 1. The van der Waals surface area contributed by atoms with Crippen LogP contribution in [0.2, 0.25) is 0 Å². The van der Waals surface area contributed by atoms with Gasteiger partial charge in [-0.15, -0.1) is 0 Å². The first-order chi connectivity index (χ1) is 13.5. The lowest BCUT2D eigenvalue weighted by Gasteiger charge is -2.31. The number of nitrogens with zero attached hydrogens (tertiary/aromatic N) is 2. The molecular weight excluding hydrogens is 354 g/mol. The Labute approximate surface area is 166 Å². The van der Waals surface area contributed by atoms with E-state index in [9.17, 15) is 9.59 Å². The highest BCUT2D eigenvalue weighted by Gasteiger charge is 2.17. The quantitative estimate of drug-likeness (QED) is 0.834. The van der Waals surface area contributed by atoms with E-state index in [4.69, 9.17) is 4.74 Å². The minimum atomic E-state index is -0.240. The fourth-order valence-electron chi connectivity index (χ4n) is 3.20. The molecule has 2 aromatic carbocycles. The van der Waals surface area contributed by atoms with Gasteiger partial charge in [-0.2, -0.15) is 0 Å². The normalized spacial score (nSPS) is 13.9. The van der Waals surface area contributed by atoms with Gasteiger partial charge in [0, 0.05) is 37.9 Å². The molecule has 0 radical (unpaired) electrons. The average molecular weight is 381 g/mol. The maximum atomic E-state index is 12.5. The van der Waals surface area contributed by atoms with E-state index < -0.39 is 0 Å². The first-order valence-electron chi connectivity index (χ1n) is 9.54. The summed E-state index contributed by atoms with van der Waals surface area (Å²) in [6.45, 7) is 5.56. The largest absolute Gasteiger partial charge is 0.378 e. The van der Waals surface area contributed by atoms with Gasteiger partial charge >= 0.3 is 0 Å². The van der Waals surface area contributed by atoms with E-state index >= 15 is 0 Å². The molecule has 0 atom stereocenters. The highest BCUT2D eigenvalue weighted by Crippen LogP contribution is 2.22. The predicted molar refractivity (Wildman–Crippen MR) is 109 cm³/mol. The van der Waals surface area contributed by atoms with Gasteiger partial charge in [0.05, 0.1) is 19.8 Å². The number of ether oxygens (including phenoxy) is 1. The summed E-state index contributed by atoms with van der Waals surface area (Å²) < 4.78 is 5.43. The summed E-state index contributed by atoms with van der Waals surface area (Å²) in [4.78, 5) is 28.6. The summed E-state index contributed by atoms with van der Waals surface area (Å²) in [6.07, 6.45) is 0. The van der Waals surface area contributed by atoms with Crippen molar-refractivity contribution in [3.05, 3.63) is 65.2 Å². The molecular formula is C22H27N3O3. The van der Waals surface area contributed by atoms with Crippen molar-refractivity contribution in [2.24, 2.45) is 0 Å². The molecule has 1 aliphatic heterocycles. The minimum Gasteiger partial charge on any atom is -0.378 e. The second-order valence-electron chi connectivity index (χ2n) is 7.03. The molecule has 148 valence electrons. The highest BCUT2D eigenvalue weighted by molar-refractivity contribution is 5.96. The molecule has 6 nitrogen and oxygen atoms in total. The van der Waals surface area contributed by atoms with Crippen LogP contribution in [0.3, 0.4) is 0 Å². The Hall–Kier alpha value is -2.86. The van der Waals surface area contributed by atoms with Crippen LogP contribution in [0, 0.1) is 6.92 Å². The fraction of sp³-hybridized carbons (Fsp3) is 0.364. The molecule has 2 aromatic rings. The van der Waals surface area contributed by atoms with Crippen molar-refractivity contribution < 1.29 is 14.3 Å². The van der Waals surface area contributed by atoms with Crippen LogP contribution in [-0.4, -0.2) is 56.6 Å². The van der Waals surface area contributed by atoms with Gasteiger partial charge in [0.1, 0.15) is 0 Å². The maximum Gasteiger partial charge on any atom is 0.251 e. The van der Waals surface area contributed by atoms with E-state index in [1.165, 1.54) is 0 Å². The van der Waals surface area contributed by atoms with Gasteiger partial charge in [-0.05, 0) is 30.7 Å². The number of carbonyl (C=O) groups excluding carboxylic acids is 2. The Morgan fingerprint density at radius 1 is 1.07 bits per heavy atom. The van der Waals surface area contributed by atoms with Crippen LogP contribution in [0.5, 0.6) is 0 Å². The molecule has 1 fully saturated rings. The van der Waals surface area contributed by atoms with E-state index in [1.807, 2.05) is 37.3 Å². The zero-order chi connectivity index (χ0) is 19.9. The molecule has 0 saturated carbocycles.